The number of nitrogens with one attached hydrogen (secondary N) is 1. The van der Waals surface area contributed by atoms with Crippen LogP contribution >= 0.6 is 0 Å². The van der Waals surface area contributed by atoms with Crippen molar-refractivity contribution in [3.05, 3.63) is 36.5 Å². The van der Waals surface area contributed by atoms with Crippen LogP contribution in [0.3, 0.4) is 0 Å². The second-order valence-electron chi connectivity index (χ2n) is 22.4. The quantitative estimate of drug-likeness (QED) is 0.0320. The number of carbonyl (C=O) groups excluding carboxylic acids is 2. The highest BCUT2D eigenvalue weighted by atomic mass is 16.5. The molecule has 0 aliphatic heterocycles. The molecule has 0 aromatic heterocycles. The highest BCUT2D eigenvalue weighted by Crippen LogP contribution is 2.17. The molecule has 0 heterocycles. The minimum Gasteiger partial charge on any atom is -0.466 e. The second kappa shape index (κ2) is 62.6. The zero-order chi connectivity index (χ0) is 52.9. The van der Waals surface area contributed by atoms with Gasteiger partial charge >= 0.3 is 5.97 Å². The first kappa shape index (κ1) is 71.1. The lowest BCUT2D eigenvalue weighted by Gasteiger charge is -2.20. The van der Waals surface area contributed by atoms with Crippen molar-refractivity contribution < 1.29 is 24.5 Å². The van der Waals surface area contributed by atoms with E-state index in [9.17, 15) is 19.8 Å². The van der Waals surface area contributed by atoms with Gasteiger partial charge in [0.1, 0.15) is 0 Å². The Morgan fingerprint density at radius 2 is 0.644 bits per heavy atom. The number of unbranched alkanes of at least 4 members (excludes halogenated alkanes) is 46. The van der Waals surface area contributed by atoms with Crippen molar-refractivity contribution in [3.8, 4) is 0 Å². The standard InChI is InChI=1S/C67H127NO5/c1-3-5-7-9-11-13-15-17-18-19-20-21-24-27-30-33-36-39-43-47-51-55-59-65(70)64(63-69)68-66(71)60-56-52-48-44-40-37-34-31-28-25-22-23-26-29-32-35-38-42-46-50-54-58-62-73-67(72)61-57-53-49-45-41-16-14-12-10-8-6-4-2/h12,14,25,28,55,59,64-65,69-70H,3-11,13,15-24,26-27,29-54,56-58,60-63H2,1-2H3,(H,68,71)/b14-12-,28-25-,59-55+. The van der Waals surface area contributed by atoms with Crippen molar-refractivity contribution in [2.75, 3.05) is 13.2 Å². The van der Waals surface area contributed by atoms with Gasteiger partial charge in [-0.1, -0.05) is 294 Å². The summed E-state index contributed by atoms with van der Waals surface area (Å²) >= 11 is 0. The van der Waals surface area contributed by atoms with Gasteiger partial charge < -0.3 is 20.3 Å². The zero-order valence-corrected chi connectivity index (χ0v) is 49.1. The summed E-state index contributed by atoms with van der Waals surface area (Å²) in [5, 5.41) is 23.2. The molecule has 0 radical (unpaired) electrons. The van der Waals surface area contributed by atoms with Crippen LogP contribution in [0, 0.1) is 0 Å². The molecule has 6 heteroatoms. The predicted octanol–water partition coefficient (Wildman–Crippen LogP) is 20.8. The van der Waals surface area contributed by atoms with Crippen LogP contribution in [0.4, 0.5) is 0 Å². The summed E-state index contributed by atoms with van der Waals surface area (Å²) in [6, 6.07) is -0.634. The van der Waals surface area contributed by atoms with Gasteiger partial charge in [0.2, 0.25) is 5.91 Å². The molecule has 430 valence electrons. The highest BCUT2D eigenvalue weighted by molar-refractivity contribution is 5.76. The van der Waals surface area contributed by atoms with Crippen molar-refractivity contribution in [1.29, 1.82) is 0 Å². The number of allylic oxidation sites excluding steroid dienone is 5. The summed E-state index contributed by atoms with van der Waals surface area (Å²) in [6.45, 7) is 4.90. The number of hydrogen-bond donors (Lipinski definition) is 3. The Balaban J connectivity index is 3.46. The molecule has 0 aliphatic rings. The Morgan fingerprint density at radius 1 is 0.370 bits per heavy atom. The molecule has 0 aromatic rings. The van der Waals surface area contributed by atoms with Crippen molar-refractivity contribution in [2.45, 2.75) is 366 Å². The van der Waals surface area contributed by atoms with E-state index < -0.39 is 12.1 Å². The van der Waals surface area contributed by atoms with Gasteiger partial charge in [0.25, 0.3) is 0 Å². The van der Waals surface area contributed by atoms with Crippen molar-refractivity contribution in [2.24, 2.45) is 0 Å². The topological polar surface area (TPSA) is 95.9 Å². The lowest BCUT2D eigenvalue weighted by atomic mass is 10.0. The molecule has 0 bridgehead atoms. The Bertz CT molecular complexity index is 1180. The average Bonchev–Trinajstić information content (AvgIpc) is 3.39. The second-order valence-corrected chi connectivity index (χ2v) is 22.4. The molecule has 0 spiro atoms. The summed E-state index contributed by atoms with van der Waals surface area (Å²) in [5.41, 5.74) is 0. The fourth-order valence-electron chi connectivity index (χ4n) is 10.1. The van der Waals surface area contributed by atoms with Crippen LogP contribution in [0.25, 0.3) is 0 Å². The van der Waals surface area contributed by atoms with Gasteiger partial charge in [0, 0.05) is 12.8 Å². The number of aliphatic hydroxyl groups is 2. The van der Waals surface area contributed by atoms with Crippen LogP contribution < -0.4 is 5.32 Å². The lowest BCUT2D eigenvalue weighted by molar-refractivity contribution is -0.143. The van der Waals surface area contributed by atoms with Gasteiger partial charge in [-0.15, -0.1) is 0 Å². The summed E-state index contributed by atoms with van der Waals surface area (Å²) in [5.74, 6) is -0.0726. The molecular weight excluding hydrogens is 899 g/mol. The van der Waals surface area contributed by atoms with E-state index in [0.29, 0.717) is 19.4 Å². The third-order valence-electron chi connectivity index (χ3n) is 15.1. The van der Waals surface area contributed by atoms with E-state index in [-0.39, 0.29) is 18.5 Å². The molecule has 0 rings (SSSR count). The highest BCUT2D eigenvalue weighted by Gasteiger charge is 2.18. The average molecular weight is 1030 g/mol. The number of esters is 1. The van der Waals surface area contributed by atoms with Crippen LogP contribution in [0.5, 0.6) is 0 Å². The predicted molar refractivity (Wildman–Crippen MR) is 319 cm³/mol. The maximum absolute atomic E-state index is 12.5. The van der Waals surface area contributed by atoms with E-state index >= 15 is 0 Å². The summed E-state index contributed by atoms with van der Waals surface area (Å²) < 4.78 is 5.46. The molecule has 0 aromatic carbocycles. The SMILES string of the molecule is CCCCC/C=C\CCCCCCCC(=O)OCCCCCCCCCCCCC/C=C\CCCCCCCCCC(=O)NC(CO)C(O)/C=C/CCCCCCCCCCCCCCCCCCCCCC. The van der Waals surface area contributed by atoms with Crippen molar-refractivity contribution >= 4 is 11.9 Å². The Morgan fingerprint density at radius 3 is 1.00 bits per heavy atom. The van der Waals surface area contributed by atoms with Crippen LogP contribution in [0.15, 0.2) is 36.5 Å². The maximum atomic E-state index is 12.5. The molecule has 2 atom stereocenters. The molecule has 73 heavy (non-hydrogen) atoms. The van der Waals surface area contributed by atoms with E-state index in [4.69, 9.17) is 4.74 Å². The molecule has 0 saturated heterocycles. The van der Waals surface area contributed by atoms with Gasteiger partial charge in [-0.2, -0.15) is 0 Å². The van der Waals surface area contributed by atoms with E-state index in [1.54, 1.807) is 6.08 Å². The van der Waals surface area contributed by atoms with E-state index in [2.05, 4.69) is 43.5 Å². The first-order valence-electron chi connectivity index (χ1n) is 32.8. The van der Waals surface area contributed by atoms with Crippen LogP contribution in [0.2, 0.25) is 0 Å². The van der Waals surface area contributed by atoms with Gasteiger partial charge in [0.15, 0.2) is 0 Å². The minimum absolute atomic E-state index is 0.000511. The molecule has 6 nitrogen and oxygen atoms in total. The number of ether oxygens (including phenoxy) is 1. The lowest BCUT2D eigenvalue weighted by Crippen LogP contribution is -2.45. The van der Waals surface area contributed by atoms with E-state index in [1.807, 2.05) is 6.08 Å². The van der Waals surface area contributed by atoms with Crippen LogP contribution in [-0.2, 0) is 14.3 Å². The third-order valence-corrected chi connectivity index (χ3v) is 15.1. The van der Waals surface area contributed by atoms with E-state index in [1.165, 1.54) is 276 Å². The zero-order valence-electron chi connectivity index (χ0n) is 49.1. The number of rotatable bonds is 61. The normalized spacial score (nSPS) is 12.8. The monoisotopic (exact) mass is 1030 g/mol. The fraction of sp³-hybridized carbons (Fsp3) is 0.881. The number of amides is 1. The van der Waals surface area contributed by atoms with Crippen LogP contribution in [0.1, 0.15) is 354 Å². The molecule has 0 saturated carbocycles. The minimum atomic E-state index is -0.850. The van der Waals surface area contributed by atoms with Gasteiger partial charge in [-0.25, -0.2) is 0 Å². The molecule has 3 N–H and O–H groups in total. The molecule has 1 amide bonds. The summed E-state index contributed by atoms with van der Waals surface area (Å²) in [4.78, 5) is 24.5. The Labute approximate surface area is 455 Å². The number of carbonyl (C=O) groups is 2. The Kier molecular flexibility index (Phi) is 61.0. The van der Waals surface area contributed by atoms with Crippen LogP contribution in [-0.4, -0.2) is 47.4 Å². The van der Waals surface area contributed by atoms with E-state index in [0.717, 1.165) is 51.4 Å². The van der Waals surface area contributed by atoms with Crippen molar-refractivity contribution in [1.82, 2.24) is 5.32 Å². The number of aliphatic hydroxyl groups excluding tert-OH is 2. The molecule has 0 fully saturated rings. The smallest absolute Gasteiger partial charge is 0.305 e. The summed E-state index contributed by atoms with van der Waals surface area (Å²) in [6.07, 6.45) is 79.1. The molecular formula is C67H127NO5. The third kappa shape index (κ3) is 59.2. The van der Waals surface area contributed by atoms with Gasteiger partial charge in [-0.05, 0) is 83.5 Å². The fourth-order valence-corrected chi connectivity index (χ4v) is 10.1. The first-order valence-corrected chi connectivity index (χ1v) is 32.8. The number of hydrogen-bond acceptors (Lipinski definition) is 5. The first-order chi connectivity index (χ1) is 36.0. The van der Waals surface area contributed by atoms with Crippen molar-refractivity contribution in [3.63, 3.8) is 0 Å². The molecule has 2 unspecified atom stereocenters. The Hall–Kier alpha value is -1.92. The van der Waals surface area contributed by atoms with Gasteiger partial charge in [-0.3, -0.25) is 9.59 Å². The molecule has 0 aliphatic carbocycles. The van der Waals surface area contributed by atoms with Gasteiger partial charge in [0.05, 0.1) is 25.4 Å². The maximum Gasteiger partial charge on any atom is 0.305 e. The largest absolute Gasteiger partial charge is 0.466 e. The summed E-state index contributed by atoms with van der Waals surface area (Å²) in [7, 11) is 0.